The highest BCUT2D eigenvalue weighted by atomic mass is 16.7. The molecule has 1 aliphatic carbocycles. The summed E-state index contributed by atoms with van der Waals surface area (Å²) >= 11 is 0. The van der Waals surface area contributed by atoms with Crippen molar-refractivity contribution in [2.45, 2.75) is 90.7 Å². The number of ether oxygens (including phenoxy) is 3. The van der Waals surface area contributed by atoms with Crippen LogP contribution >= 0.6 is 0 Å². The van der Waals surface area contributed by atoms with Gasteiger partial charge in [-0.05, 0) is 45.6 Å². The fraction of sp³-hybridized carbons (Fsp3) is 0.680. The van der Waals surface area contributed by atoms with E-state index < -0.39 is 12.1 Å². The van der Waals surface area contributed by atoms with Gasteiger partial charge in [0.15, 0.2) is 6.29 Å². The lowest BCUT2D eigenvalue weighted by Gasteiger charge is -2.37. The van der Waals surface area contributed by atoms with E-state index >= 15 is 0 Å². The maximum Gasteiger partial charge on any atom is 0.411 e. The molecule has 7 heteroatoms. The molecule has 0 unspecified atom stereocenters. The van der Waals surface area contributed by atoms with E-state index in [1.165, 1.54) is 6.42 Å². The smallest absolute Gasteiger partial charge is 0.411 e. The van der Waals surface area contributed by atoms with Crippen molar-refractivity contribution in [2.75, 3.05) is 19.8 Å². The summed E-state index contributed by atoms with van der Waals surface area (Å²) in [5.74, 6) is -0.156. The van der Waals surface area contributed by atoms with E-state index in [9.17, 15) is 9.59 Å². The van der Waals surface area contributed by atoms with Gasteiger partial charge in [-0.1, -0.05) is 49.6 Å². The third-order valence-corrected chi connectivity index (χ3v) is 5.80. The molecular weight excluding hydrogens is 408 g/mol. The Balaban J connectivity index is 1.90. The first-order valence-electron chi connectivity index (χ1n) is 12.1. The Bertz CT molecular complexity index is 658. The molecule has 1 saturated carbocycles. The van der Waals surface area contributed by atoms with Crippen molar-refractivity contribution < 1.29 is 23.8 Å². The van der Waals surface area contributed by atoms with Gasteiger partial charge < -0.3 is 19.5 Å². The fourth-order valence-corrected chi connectivity index (χ4v) is 4.12. The molecular formula is C25H40N2O5. The fourth-order valence-electron chi connectivity index (χ4n) is 4.12. The third-order valence-electron chi connectivity index (χ3n) is 5.80. The van der Waals surface area contributed by atoms with Crippen molar-refractivity contribution in [3.8, 4) is 0 Å². The van der Waals surface area contributed by atoms with Crippen LogP contribution in [0.1, 0.15) is 71.3 Å². The molecule has 0 heterocycles. The first kappa shape index (κ1) is 26.1. The Morgan fingerprint density at radius 2 is 1.72 bits per heavy atom. The monoisotopic (exact) mass is 448 g/mol. The van der Waals surface area contributed by atoms with Crippen molar-refractivity contribution in [3.63, 3.8) is 0 Å². The Morgan fingerprint density at radius 3 is 2.34 bits per heavy atom. The summed E-state index contributed by atoms with van der Waals surface area (Å²) in [6.45, 7) is 7.56. The molecule has 1 fully saturated rings. The predicted octanol–water partition coefficient (Wildman–Crippen LogP) is 4.64. The highest BCUT2D eigenvalue weighted by Gasteiger charge is 2.34. The normalized spacial score (nSPS) is 15.4. The predicted molar refractivity (Wildman–Crippen MR) is 124 cm³/mol. The average Bonchev–Trinajstić information content (AvgIpc) is 2.82. The van der Waals surface area contributed by atoms with Gasteiger partial charge in [0.25, 0.3) is 0 Å². The van der Waals surface area contributed by atoms with Gasteiger partial charge in [-0.25, -0.2) is 4.79 Å². The van der Waals surface area contributed by atoms with Crippen molar-refractivity contribution in [3.05, 3.63) is 35.9 Å². The Labute approximate surface area is 192 Å². The first-order valence-corrected chi connectivity index (χ1v) is 12.1. The van der Waals surface area contributed by atoms with Crippen molar-refractivity contribution >= 4 is 12.0 Å². The lowest BCUT2D eigenvalue weighted by Crippen LogP contribution is -2.53. The SMILES string of the molecule is CCOC(CCCNC(=O)[C@H](C)N(C(=O)OCc1ccccc1)C1CCCCC1)OCC. The summed E-state index contributed by atoms with van der Waals surface area (Å²) in [5.41, 5.74) is 0.930. The zero-order valence-electron chi connectivity index (χ0n) is 19.9. The van der Waals surface area contributed by atoms with Crippen LogP contribution in [0.3, 0.4) is 0 Å². The maximum absolute atomic E-state index is 13.0. The molecule has 0 aromatic heterocycles. The number of nitrogens with one attached hydrogen (secondary N) is 1. The highest BCUT2D eigenvalue weighted by molar-refractivity contribution is 5.85. The second-order valence-electron chi connectivity index (χ2n) is 8.19. The molecule has 0 saturated heterocycles. The molecule has 1 atom stereocenters. The highest BCUT2D eigenvalue weighted by Crippen LogP contribution is 2.25. The van der Waals surface area contributed by atoms with E-state index in [0.29, 0.717) is 26.2 Å². The molecule has 180 valence electrons. The number of rotatable bonds is 13. The molecule has 1 aromatic carbocycles. The van der Waals surface area contributed by atoms with Gasteiger partial charge >= 0.3 is 6.09 Å². The molecule has 2 amide bonds. The second kappa shape index (κ2) is 14.9. The number of amides is 2. The summed E-state index contributed by atoms with van der Waals surface area (Å²) in [5, 5.41) is 2.97. The second-order valence-corrected chi connectivity index (χ2v) is 8.19. The maximum atomic E-state index is 13.0. The van der Waals surface area contributed by atoms with Crippen molar-refractivity contribution in [1.82, 2.24) is 10.2 Å². The minimum atomic E-state index is -0.587. The molecule has 0 radical (unpaired) electrons. The molecule has 0 spiro atoms. The number of carbonyl (C=O) groups excluding carboxylic acids is 2. The van der Waals surface area contributed by atoms with Crippen LogP contribution in [-0.4, -0.2) is 55.0 Å². The van der Waals surface area contributed by atoms with Crippen LogP contribution in [0.2, 0.25) is 0 Å². The van der Waals surface area contributed by atoms with Crippen LogP contribution in [0.15, 0.2) is 30.3 Å². The van der Waals surface area contributed by atoms with Crippen LogP contribution in [0.25, 0.3) is 0 Å². The van der Waals surface area contributed by atoms with Crippen LogP contribution < -0.4 is 5.32 Å². The van der Waals surface area contributed by atoms with Gasteiger partial charge in [0.05, 0.1) is 0 Å². The minimum Gasteiger partial charge on any atom is -0.445 e. The van der Waals surface area contributed by atoms with E-state index in [1.54, 1.807) is 11.8 Å². The molecule has 0 bridgehead atoms. The van der Waals surface area contributed by atoms with Gasteiger partial charge in [-0.3, -0.25) is 9.69 Å². The van der Waals surface area contributed by atoms with Crippen LogP contribution in [0.5, 0.6) is 0 Å². The van der Waals surface area contributed by atoms with E-state index in [1.807, 2.05) is 44.2 Å². The minimum absolute atomic E-state index is 0.0352. The van der Waals surface area contributed by atoms with Gasteiger partial charge in [-0.15, -0.1) is 0 Å². The zero-order valence-corrected chi connectivity index (χ0v) is 19.9. The van der Waals surface area contributed by atoms with Crippen LogP contribution in [0.4, 0.5) is 4.79 Å². The number of nitrogens with zero attached hydrogens (tertiary/aromatic N) is 1. The lowest BCUT2D eigenvalue weighted by atomic mass is 9.93. The quantitative estimate of drug-likeness (QED) is 0.351. The van der Waals surface area contributed by atoms with Crippen molar-refractivity contribution in [2.24, 2.45) is 0 Å². The average molecular weight is 449 g/mol. The number of carbonyl (C=O) groups is 2. The summed E-state index contributed by atoms with van der Waals surface area (Å²) in [7, 11) is 0. The molecule has 1 N–H and O–H groups in total. The van der Waals surface area contributed by atoms with Gasteiger partial charge in [0.1, 0.15) is 12.6 Å². The molecule has 7 nitrogen and oxygen atoms in total. The molecule has 32 heavy (non-hydrogen) atoms. The standard InChI is InChI=1S/C25H40N2O5/c1-4-30-23(31-5-2)17-12-18-26-24(28)20(3)27(22-15-10-7-11-16-22)25(29)32-19-21-13-8-6-9-14-21/h6,8-9,13-14,20,22-23H,4-5,7,10-12,15-19H2,1-3H3,(H,26,28)/t20-/m0/s1. The third kappa shape index (κ3) is 8.79. The molecule has 1 aromatic rings. The molecule has 2 rings (SSSR count). The largest absolute Gasteiger partial charge is 0.445 e. The first-order chi connectivity index (χ1) is 15.6. The topological polar surface area (TPSA) is 77.1 Å². The van der Waals surface area contributed by atoms with E-state index in [4.69, 9.17) is 14.2 Å². The van der Waals surface area contributed by atoms with E-state index in [-0.39, 0.29) is 24.8 Å². The molecule has 0 aliphatic heterocycles. The van der Waals surface area contributed by atoms with Gasteiger partial charge in [-0.2, -0.15) is 0 Å². The zero-order chi connectivity index (χ0) is 23.2. The summed E-state index contributed by atoms with van der Waals surface area (Å²) in [4.78, 5) is 27.5. The number of benzene rings is 1. The van der Waals surface area contributed by atoms with Crippen molar-refractivity contribution in [1.29, 1.82) is 0 Å². The summed E-state index contributed by atoms with van der Waals surface area (Å²) in [6.07, 6.45) is 5.90. The Hall–Kier alpha value is -2.12. The number of hydrogen-bond acceptors (Lipinski definition) is 5. The lowest BCUT2D eigenvalue weighted by molar-refractivity contribution is -0.140. The summed E-state index contributed by atoms with van der Waals surface area (Å²) < 4.78 is 16.7. The van der Waals surface area contributed by atoms with E-state index in [0.717, 1.165) is 37.7 Å². The van der Waals surface area contributed by atoms with Gasteiger partial charge in [0.2, 0.25) is 5.91 Å². The Kier molecular flexibility index (Phi) is 12.1. The van der Waals surface area contributed by atoms with Gasteiger partial charge in [0, 0.05) is 32.2 Å². The molecule has 1 aliphatic rings. The number of hydrogen-bond donors (Lipinski definition) is 1. The van der Waals surface area contributed by atoms with Crippen LogP contribution in [-0.2, 0) is 25.6 Å². The van der Waals surface area contributed by atoms with E-state index in [2.05, 4.69) is 5.32 Å². The summed E-state index contributed by atoms with van der Waals surface area (Å²) in [6, 6.07) is 9.05. The van der Waals surface area contributed by atoms with Crippen LogP contribution in [0, 0.1) is 0 Å². The Morgan fingerprint density at radius 1 is 1.06 bits per heavy atom.